The van der Waals surface area contributed by atoms with Crippen LogP contribution in [0.15, 0.2) is 28.7 Å². The minimum absolute atomic E-state index is 0.200. The Hall–Kier alpha value is -0.630. The summed E-state index contributed by atoms with van der Waals surface area (Å²) < 4.78 is 1.14. The summed E-state index contributed by atoms with van der Waals surface area (Å²) in [7, 11) is 0. The Balaban J connectivity index is 2.43. The van der Waals surface area contributed by atoms with Gasteiger partial charge in [-0.3, -0.25) is 4.79 Å². The van der Waals surface area contributed by atoms with Crippen LogP contribution in [0.4, 0.5) is 0 Å². The van der Waals surface area contributed by atoms with Crippen LogP contribution < -0.4 is 0 Å². The average molecular weight is 283 g/mol. The normalized spacial score (nSPS) is 11.5. The number of halogens is 1. The Kier molecular flexibility index (Phi) is 4.72. The van der Waals surface area contributed by atoms with E-state index in [0.29, 0.717) is 12.2 Å². The monoisotopic (exact) mass is 282 g/mol. The summed E-state index contributed by atoms with van der Waals surface area (Å²) in [6.07, 6.45) is 2.56. The van der Waals surface area contributed by atoms with E-state index in [2.05, 4.69) is 22.0 Å². The number of ketones is 1. The van der Waals surface area contributed by atoms with Crippen molar-refractivity contribution in [2.24, 2.45) is 5.41 Å². The van der Waals surface area contributed by atoms with Crippen LogP contribution in [0.25, 0.3) is 0 Å². The number of Topliss-reactive ketones (excluding diaryl/α,β-unsaturated/α-hetero) is 1. The second kappa shape index (κ2) is 5.62. The summed E-state index contributed by atoms with van der Waals surface area (Å²) in [5.74, 6) is 0.347. The molecule has 0 aromatic heterocycles. The molecule has 88 valence electrons. The van der Waals surface area contributed by atoms with Gasteiger partial charge in [0, 0.05) is 16.3 Å². The van der Waals surface area contributed by atoms with E-state index in [-0.39, 0.29) is 5.41 Å². The molecule has 0 N–H and O–H groups in total. The van der Waals surface area contributed by atoms with Crippen molar-refractivity contribution in [1.29, 1.82) is 0 Å². The van der Waals surface area contributed by atoms with Crippen molar-refractivity contribution in [3.05, 3.63) is 34.3 Å². The molecule has 0 amide bonds. The third-order valence-corrected chi connectivity index (χ3v) is 3.42. The maximum absolute atomic E-state index is 11.7. The van der Waals surface area contributed by atoms with Crippen molar-refractivity contribution in [1.82, 2.24) is 0 Å². The van der Waals surface area contributed by atoms with Gasteiger partial charge in [0.1, 0.15) is 5.78 Å². The van der Waals surface area contributed by atoms with Gasteiger partial charge in [0.25, 0.3) is 0 Å². The maximum atomic E-state index is 11.7. The fourth-order valence-corrected chi connectivity index (χ4v) is 2.00. The summed E-state index contributed by atoms with van der Waals surface area (Å²) >= 11 is 3.52. The van der Waals surface area contributed by atoms with Crippen molar-refractivity contribution in [3.8, 4) is 0 Å². The lowest BCUT2D eigenvalue weighted by atomic mass is 9.87. The van der Waals surface area contributed by atoms with E-state index in [9.17, 15) is 4.79 Å². The van der Waals surface area contributed by atoms with E-state index in [1.54, 1.807) is 0 Å². The molecule has 2 heteroatoms. The lowest BCUT2D eigenvalue weighted by Crippen LogP contribution is -2.19. The quantitative estimate of drug-likeness (QED) is 0.801. The summed E-state index contributed by atoms with van der Waals surface area (Å²) in [5.41, 5.74) is 1.08. The highest BCUT2D eigenvalue weighted by Gasteiger charge is 2.20. The van der Waals surface area contributed by atoms with Gasteiger partial charge in [-0.2, -0.15) is 0 Å². The molecule has 0 aliphatic carbocycles. The zero-order valence-electron chi connectivity index (χ0n) is 10.2. The summed E-state index contributed by atoms with van der Waals surface area (Å²) in [4.78, 5) is 11.7. The SMILES string of the molecule is CC(C)(C)C(=O)CCCc1ccccc1Br. The standard InChI is InChI=1S/C14H19BrO/c1-14(2,3)13(16)10-6-8-11-7-4-5-9-12(11)15/h4-5,7,9H,6,8,10H2,1-3H3. The van der Waals surface area contributed by atoms with Gasteiger partial charge in [-0.25, -0.2) is 0 Å². The zero-order valence-corrected chi connectivity index (χ0v) is 11.8. The molecule has 0 radical (unpaired) electrons. The van der Waals surface area contributed by atoms with Gasteiger partial charge in [-0.15, -0.1) is 0 Å². The Morgan fingerprint density at radius 1 is 1.25 bits per heavy atom. The van der Waals surface area contributed by atoms with Crippen LogP contribution in [0.1, 0.15) is 39.2 Å². The molecule has 0 fully saturated rings. The van der Waals surface area contributed by atoms with Gasteiger partial charge in [0.05, 0.1) is 0 Å². The van der Waals surface area contributed by atoms with Crippen LogP contribution in [-0.2, 0) is 11.2 Å². The fraction of sp³-hybridized carbons (Fsp3) is 0.500. The van der Waals surface area contributed by atoms with Crippen molar-refractivity contribution >= 4 is 21.7 Å². The minimum atomic E-state index is -0.200. The van der Waals surface area contributed by atoms with Crippen LogP contribution >= 0.6 is 15.9 Å². The predicted molar refractivity (Wildman–Crippen MR) is 71.5 cm³/mol. The molecule has 0 unspecified atom stereocenters. The first-order chi connectivity index (χ1) is 7.41. The first-order valence-corrected chi connectivity index (χ1v) is 6.47. The van der Waals surface area contributed by atoms with E-state index in [4.69, 9.17) is 0 Å². The highest BCUT2D eigenvalue weighted by molar-refractivity contribution is 9.10. The second-order valence-electron chi connectivity index (χ2n) is 5.12. The van der Waals surface area contributed by atoms with E-state index in [0.717, 1.165) is 17.3 Å². The molecule has 0 heterocycles. The molecule has 1 aromatic rings. The van der Waals surface area contributed by atoms with Crippen LogP contribution in [-0.4, -0.2) is 5.78 Å². The molecule has 16 heavy (non-hydrogen) atoms. The topological polar surface area (TPSA) is 17.1 Å². The molecule has 1 aromatic carbocycles. The molecular formula is C14H19BrO. The smallest absolute Gasteiger partial charge is 0.138 e. The van der Waals surface area contributed by atoms with Crippen LogP contribution in [0.2, 0.25) is 0 Å². The highest BCUT2D eigenvalue weighted by atomic mass is 79.9. The maximum Gasteiger partial charge on any atom is 0.138 e. The van der Waals surface area contributed by atoms with Crippen molar-refractivity contribution in [2.45, 2.75) is 40.0 Å². The second-order valence-corrected chi connectivity index (χ2v) is 5.97. The molecule has 0 saturated carbocycles. The van der Waals surface area contributed by atoms with Crippen molar-refractivity contribution < 1.29 is 4.79 Å². The van der Waals surface area contributed by atoms with Crippen molar-refractivity contribution in [2.75, 3.05) is 0 Å². The molecule has 1 rings (SSSR count). The Bertz CT molecular complexity index is 363. The van der Waals surface area contributed by atoms with E-state index >= 15 is 0 Å². The fourth-order valence-electron chi connectivity index (χ4n) is 1.52. The average Bonchev–Trinajstić information content (AvgIpc) is 2.19. The molecule has 1 nitrogen and oxygen atoms in total. The molecule has 0 bridgehead atoms. The van der Waals surface area contributed by atoms with Gasteiger partial charge in [-0.1, -0.05) is 54.9 Å². The van der Waals surface area contributed by atoms with Gasteiger partial charge in [0.15, 0.2) is 0 Å². The van der Waals surface area contributed by atoms with E-state index < -0.39 is 0 Å². The number of aryl methyl sites for hydroxylation is 1. The summed E-state index contributed by atoms with van der Waals surface area (Å²) in [6.45, 7) is 5.94. The largest absolute Gasteiger partial charge is 0.299 e. The molecule has 0 saturated heterocycles. The number of hydrogen-bond donors (Lipinski definition) is 0. The van der Waals surface area contributed by atoms with Gasteiger partial charge >= 0.3 is 0 Å². The number of benzene rings is 1. The predicted octanol–water partition coefficient (Wildman–Crippen LogP) is 4.39. The summed E-state index contributed by atoms with van der Waals surface area (Å²) in [6, 6.07) is 8.19. The third kappa shape index (κ3) is 4.09. The van der Waals surface area contributed by atoms with E-state index in [1.165, 1.54) is 5.56 Å². The van der Waals surface area contributed by atoms with Crippen molar-refractivity contribution in [3.63, 3.8) is 0 Å². The summed E-state index contributed by atoms with van der Waals surface area (Å²) in [5, 5.41) is 0. The first-order valence-electron chi connectivity index (χ1n) is 5.68. The van der Waals surface area contributed by atoms with Crippen LogP contribution in [0, 0.1) is 5.41 Å². The lowest BCUT2D eigenvalue weighted by molar-refractivity contribution is -0.126. The number of carbonyl (C=O) groups excluding carboxylic acids is 1. The zero-order chi connectivity index (χ0) is 12.2. The number of hydrogen-bond acceptors (Lipinski definition) is 1. The van der Waals surface area contributed by atoms with Gasteiger partial charge in [-0.05, 0) is 24.5 Å². The van der Waals surface area contributed by atoms with Crippen LogP contribution in [0.3, 0.4) is 0 Å². The number of carbonyl (C=O) groups is 1. The molecule has 0 aliphatic rings. The molecule has 0 aliphatic heterocycles. The highest BCUT2D eigenvalue weighted by Crippen LogP contribution is 2.21. The molecule has 0 atom stereocenters. The lowest BCUT2D eigenvalue weighted by Gasteiger charge is -2.16. The Morgan fingerprint density at radius 3 is 2.44 bits per heavy atom. The molecule has 0 spiro atoms. The third-order valence-electron chi connectivity index (χ3n) is 2.64. The first kappa shape index (κ1) is 13.4. The number of rotatable bonds is 4. The van der Waals surface area contributed by atoms with Gasteiger partial charge < -0.3 is 0 Å². The van der Waals surface area contributed by atoms with Crippen LogP contribution in [0.5, 0.6) is 0 Å². The van der Waals surface area contributed by atoms with E-state index in [1.807, 2.05) is 39.0 Å². The van der Waals surface area contributed by atoms with Gasteiger partial charge in [0.2, 0.25) is 0 Å². The Morgan fingerprint density at radius 2 is 1.88 bits per heavy atom. The molecular weight excluding hydrogens is 264 g/mol. The minimum Gasteiger partial charge on any atom is -0.299 e. The Labute approximate surface area is 106 Å².